The molecule has 0 atom stereocenters. The van der Waals surface area contributed by atoms with E-state index in [-0.39, 0.29) is 0 Å². The van der Waals surface area contributed by atoms with Gasteiger partial charge in [-0.3, -0.25) is 0 Å². The molecule has 1 aliphatic carbocycles. The molecule has 0 radical (unpaired) electrons. The van der Waals surface area contributed by atoms with Crippen molar-refractivity contribution in [3.63, 3.8) is 0 Å². The van der Waals surface area contributed by atoms with Crippen molar-refractivity contribution in [2.24, 2.45) is 0 Å². The summed E-state index contributed by atoms with van der Waals surface area (Å²) in [5, 5.41) is 0. The summed E-state index contributed by atoms with van der Waals surface area (Å²) in [5.41, 5.74) is 4.59. The molecule has 0 aromatic heterocycles. The van der Waals surface area contributed by atoms with Crippen molar-refractivity contribution in [1.82, 2.24) is 4.72 Å². The molecule has 0 amide bonds. The summed E-state index contributed by atoms with van der Waals surface area (Å²) in [5.74, 6) is 0. The first kappa shape index (κ1) is 14.3. The van der Waals surface area contributed by atoms with Crippen LogP contribution in [0.15, 0.2) is 47.4 Å². The molecule has 2 aromatic carbocycles. The summed E-state index contributed by atoms with van der Waals surface area (Å²) in [4.78, 5) is 0.371. The topological polar surface area (TPSA) is 46.2 Å². The lowest BCUT2D eigenvalue weighted by Gasteiger charge is -2.09. The van der Waals surface area contributed by atoms with E-state index in [2.05, 4.69) is 4.72 Å². The Morgan fingerprint density at radius 1 is 1.00 bits per heavy atom. The van der Waals surface area contributed by atoms with E-state index in [1.54, 1.807) is 6.07 Å². The van der Waals surface area contributed by atoms with Gasteiger partial charge in [0.1, 0.15) is 0 Å². The van der Waals surface area contributed by atoms with Crippen LogP contribution in [-0.4, -0.2) is 8.42 Å². The fourth-order valence-corrected chi connectivity index (χ4v) is 3.75. The predicted octanol–water partition coefficient (Wildman–Crippen LogP) is 2.96. The van der Waals surface area contributed by atoms with E-state index in [0.717, 1.165) is 24.8 Å². The molecular weight excluding hydrogens is 282 g/mol. The Labute approximate surface area is 126 Å². The van der Waals surface area contributed by atoms with Gasteiger partial charge in [-0.2, -0.15) is 0 Å². The Morgan fingerprint density at radius 2 is 1.71 bits per heavy atom. The van der Waals surface area contributed by atoms with Crippen molar-refractivity contribution in [1.29, 1.82) is 0 Å². The Morgan fingerprint density at radius 3 is 2.48 bits per heavy atom. The highest BCUT2D eigenvalue weighted by atomic mass is 32.2. The van der Waals surface area contributed by atoms with Gasteiger partial charge in [-0.15, -0.1) is 0 Å². The molecule has 21 heavy (non-hydrogen) atoms. The van der Waals surface area contributed by atoms with Crippen LogP contribution < -0.4 is 4.72 Å². The molecule has 3 rings (SSSR count). The minimum absolute atomic E-state index is 0.319. The zero-order valence-electron chi connectivity index (χ0n) is 12.1. The molecule has 0 spiro atoms. The highest BCUT2D eigenvalue weighted by Crippen LogP contribution is 2.24. The maximum absolute atomic E-state index is 12.4. The Balaban J connectivity index is 1.76. The van der Waals surface area contributed by atoms with Gasteiger partial charge in [0.2, 0.25) is 10.0 Å². The van der Waals surface area contributed by atoms with Crippen molar-refractivity contribution in [2.75, 3.05) is 0 Å². The van der Waals surface area contributed by atoms with Crippen LogP contribution >= 0.6 is 0 Å². The lowest BCUT2D eigenvalue weighted by molar-refractivity contribution is 0.581. The van der Waals surface area contributed by atoms with E-state index in [1.165, 1.54) is 16.7 Å². The molecule has 0 fully saturated rings. The molecule has 1 aliphatic rings. The number of nitrogens with one attached hydrogen (secondary N) is 1. The largest absolute Gasteiger partial charge is 0.240 e. The Kier molecular flexibility index (Phi) is 3.83. The summed E-state index contributed by atoms with van der Waals surface area (Å²) in [7, 11) is -3.44. The van der Waals surface area contributed by atoms with Crippen LogP contribution in [0, 0.1) is 6.92 Å². The fourth-order valence-electron chi connectivity index (χ4n) is 2.68. The predicted molar refractivity (Wildman–Crippen MR) is 83.7 cm³/mol. The van der Waals surface area contributed by atoms with Gasteiger partial charge >= 0.3 is 0 Å². The number of benzene rings is 2. The first-order valence-electron chi connectivity index (χ1n) is 7.22. The number of aryl methyl sites for hydroxylation is 3. The number of sulfonamides is 1. The van der Waals surface area contributed by atoms with Crippen molar-refractivity contribution >= 4 is 10.0 Å². The minimum Gasteiger partial charge on any atom is -0.207 e. The van der Waals surface area contributed by atoms with Crippen molar-refractivity contribution in [2.45, 2.75) is 37.6 Å². The van der Waals surface area contributed by atoms with E-state index < -0.39 is 10.0 Å². The summed E-state index contributed by atoms with van der Waals surface area (Å²) >= 11 is 0. The van der Waals surface area contributed by atoms with Crippen LogP contribution in [0.2, 0.25) is 0 Å². The van der Waals surface area contributed by atoms with Crippen LogP contribution in [0.3, 0.4) is 0 Å². The zero-order chi connectivity index (χ0) is 14.9. The SMILES string of the molecule is Cc1ccc(CNS(=O)(=O)c2ccc3c(c2)CCC3)cc1. The molecule has 3 nitrogen and oxygen atoms in total. The van der Waals surface area contributed by atoms with Gasteiger partial charge in [0.15, 0.2) is 0 Å². The van der Waals surface area contributed by atoms with Gasteiger partial charge in [0.25, 0.3) is 0 Å². The van der Waals surface area contributed by atoms with E-state index in [4.69, 9.17) is 0 Å². The number of fused-ring (bicyclic) bond motifs is 1. The van der Waals surface area contributed by atoms with Crippen LogP contribution in [0.5, 0.6) is 0 Å². The van der Waals surface area contributed by atoms with Crippen LogP contribution in [0.25, 0.3) is 0 Å². The van der Waals surface area contributed by atoms with E-state index >= 15 is 0 Å². The molecule has 2 aromatic rings. The molecule has 110 valence electrons. The van der Waals surface area contributed by atoms with Gasteiger partial charge in [0, 0.05) is 6.54 Å². The number of rotatable bonds is 4. The summed E-state index contributed by atoms with van der Waals surface area (Å²) in [6.45, 7) is 2.33. The lowest BCUT2D eigenvalue weighted by Crippen LogP contribution is -2.23. The third-order valence-corrected chi connectivity index (χ3v) is 5.37. The van der Waals surface area contributed by atoms with Crippen LogP contribution in [0.4, 0.5) is 0 Å². The quantitative estimate of drug-likeness (QED) is 0.943. The Bertz CT molecular complexity index is 749. The first-order valence-corrected chi connectivity index (χ1v) is 8.70. The number of hydrogen-bond acceptors (Lipinski definition) is 2. The van der Waals surface area contributed by atoms with E-state index in [1.807, 2.05) is 43.3 Å². The Hall–Kier alpha value is -1.65. The van der Waals surface area contributed by atoms with Crippen LogP contribution in [-0.2, 0) is 29.4 Å². The third kappa shape index (κ3) is 3.17. The maximum Gasteiger partial charge on any atom is 0.240 e. The average Bonchev–Trinajstić information content (AvgIpc) is 2.94. The fraction of sp³-hybridized carbons (Fsp3) is 0.294. The zero-order valence-corrected chi connectivity index (χ0v) is 12.9. The van der Waals surface area contributed by atoms with Crippen LogP contribution in [0.1, 0.15) is 28.7 Å². The standard InChI is InChI=1S/C17H19NO2S/c1-13-5-7-14(8-6-13)12-18-21(19,20)17-10-9-15-3-2-4-16(15)11-17/h5-11,18H,2-4,12H2,1H3. The molecule has 0 heterocycles. The van der Waals surface area contributed by atoms with Crippen molar-refractivity contribution in [3.05, 3.63) is 64.7 Å². The molecule has 0 saturated carbocycles. The van der Waals surface area contributed by atoms with Gasteiger partial charge < -0.3 is 0 Å². The van der Waals surface area contributed by atoms with Gasteiger partial charge in [-0.05, 0) is 55.0 Å². The van der Waals surface area contributed by atoms with Crippen molar-refractivity contribution in [3.8, 4) is 0 Å². The molecule has 4 heteroatoms. The summed E-state index contributed by atoms with van der Waals surface area (Å²) in [6, 6.07) is 13.3. The van der Waals surface area contributed by atoms with Gasteiger partial charge in [-0.25, -0.2) is 13.1 Å². The molecule has 0 saturated heterocycles. The molecule has 0 unspecified atom stereocenters. The highest BCUT2D eigenvalue weighted by Gasteiger charge is 2.18. The monoisotopic (exact) mass is 301 g/mol. The second kappa shape index (κ2) is 5.62. The maximum atomic E-state index is 12.4. The molecule has 0 aliphatic heterocycles. The normalized spacial score (nSPS) is 14.1. The highest BCUT2D eigenvalue weighted by molar-refractivity contribution is 7.89. The average molecular weight is 301 g/mol. The lowest BCUT2D eigenvalue weighted by atomic mass is 10.1. The first-order chi connectivity index (χ1) is 10.0. The summed E-state index contributed by atoms with van der Waals surface area (Å²) in [6.07, 6.45) is 3.17. The van der Waals surface area contributed by atoms with E-state index in [0.29, 0.717) is 11.4 Å². The van der Waals surface area contributed by atoms with Crippen molar-refractivity contribution < 1.29 is 8.42 Å². The summed E-state index contributed by atoms with van der Waals surface area (Å²) < 4.78 is 27.4. The minimum atomic E-state index is -3.44. The molecular formula is C17H19NO2S. The van der Waals surface area contributed by atoms with Gasteiger partial charge in [-0.1, -0.05) is 35.9 Å². The second-order valence-electron chi connectivity index (χ2n) is 5.59. The van der Waals surface area contributed by atoms with E-state index in [9.17, 15) is 8.42 Å². The number of hydrogen-bond donors (Lipinski definition) is 1. The third-order valence-electron chi connectivity index (χ3n) is 3.97. The molecule has 1 N–H and O–H groups in total. The van der Waals surface area contributed by atoms with Gasteiger partial charge in [0.05, 0.1) is 4.90 Å². The molecule has 0 bridgehead atoms. The second-order valence-corrected chi connectivity index (χ2v) is 7.36. The smallest absolute Gasteiger partial charge is 0.207 e.